The third-order valence-electron chi connectivity index (χ3n) is 3.42. The first kappa shape index (κ1) is 13.5. The first-order chi connectivity index (χ1) is 10.1. The van der Waals surface area contributed by atoms with E-state index in [0.717, 1.165) is 5.56 Å². The van der Waals surface area contributed by atoms with Crippen molar-refractivity contribution in [3.05, 3.63) is 57.8 Å². The first-order valence-corrected chi connectivity index (χ1v) is 6.93. The molecule has 3 rings (SSSR count). The van der Waals surface area contributed by atoms with Gasteiger partial charge >= 0.3 is 0 Å². The Hall–Kier alpha value is -2.45. The maximum absolute atomic E-state index is 9.43. The van der Waals surface area contributed by atoms with Crippen LogP contribution in [0.5, 0.6) is 0 Å². The molecule has 106 valence electrons. The van der Waals surface area contributed by atoms with Gasteiger partial charge in [0, 0.05) is 11.4 Å². The molecule has 5 nitrogen and oxygen atoms in total. The lowest BCUT2D eigenvalue weighted by molar-refractivity contribution is 0.514. The van der Waals surface area contributed by atoms with Gasteiger partial charge in [-0.3, -0.25) is 0 Å². The number of nitrogens with one attached hydrogen (secondary N) is 1. The highest BCUT2D eigenvalue weighted by Gasteiger charge is 2.33. The minimum Gasteiger partial charge on any atom is -0.425 e. The Labute approximate surface area is 127 Å². The largest absolute Gasteiger partial charge is 0.425 e. The van der Waals surface area contributed by atoms with E-state index in [1.54, 1.807) is 12.1 Å². The zero-order valence-corrected chi connectivity index (χ0v) is 12.1. The number of hydrogen-bond acceptors (Lipinski definition) is 5. The number of fused-ring (bicyclic) bond motifs is 1. The van der Waals surface area contributed by atoms with Crippen molar-refractivity contribution in [2.24, 2.45) is 5.73 Å². The Bertz CT molecular complexity index is 755. The quantitative estimate of drug-likeness (QED) is 0.889. The molecule has 0 fully saturated rings. The predicted octanol–water partition coefficient (Wildman–Crippen LogP) is 3.14. The van der Waals surface area contributed by atoms with Crippen LogP contribution >= 0.6 is 11.6 Å². The van der Waals surface area contributed by atoms with E-state index in [4.69, 9.17) is 21.8 Å². The highest BCUT2D eigenvalue weighted by molar-refractivity contribution is 6.30. The average Bonchev–Trinajstić information content (AvgIpc) is 2.89. The van der Waals surface area contributed by atoms with Crippen LogP contribution < -0.4 is 11.1 Å². The van der Waals surface area contributed by atoms with Crippen LogP contribution in [0.25, 0.3) is 0 Å². The van der Waals surface area contributed by atoms with Gasteiger partial charge in [0.05, 0.1) is 17.6 Å². The van der Waals surface area contributed by atoms with E-state index in [0.29, 0.717) is 40.3 Å². The van der Waals surface area contributed by atoms with Gasteiger partial charge in [0.25, 0.3) is 0 Å². The molecule has 2 heterocycles. The third kappa shape index (κ3) is 2.24. The fourth-order valence-electron chi connectivity index (χ4n) is 2.40. The van der Waals surface area contributed by atoms with Gasteiger partial charge in [-0.25, -0.2) is 4.98 Å². The van der Waals surface area contributed by atoms with Gasteiger partial charge < -0.3 is 15.5 Å². The van der Waals surface area contributed by atoms with Gasteiger partial charge in [-0.05, 0) is 17.7 Å². The Kier molecular flexibility index (Phi) is 3.32. The molecule has 0 radical (unpaired) electrons. The van der Waals surface area contributed by atoms with Crippen LogP contribution in [0.3, 0.4) is 0 Å². The second-order valence-electron chi connectivity index (χ2n) is 4.72. The van der Waals surface area contributed by atoms with E-state index >= 15 is 0 Å². The van der Waals surface area contributed by atoms with Gasteiger partial charge in [0.2, 0.25) is 5.88 Å². The van der Waals surface area contributed by atoms with Crippen molar-refractivity contribution in [1.82, 2.24) is 4.98 Å². The van der Waals surface area contributed by atoms with Crippen LogP contribution in [0.4, 0.5) is 5.88 Å². The number of aromatic nitrogens is 1. The average molecular weight is 301 g/mol. The minimum atomic E-state index is -0.340. The summed E-state index contributed by atoms with van der Waals surface area (Å²) in [4.78, 5) is 4.48. The fourth-order valence-corrected chi connectivity index (χ4v) is 2.53. The molecule has 3 N–H and O–H groups in total. The molecule has 21 heavy (non-hydrogen) atoms. The number of oxazole rings is 1. The summed E-state index contributed by atoms with van der Waals surface area (Å²) < 4.78 is 5.62. The lowest BCUT2D eigenvalue weighted by atomic mass is 9.87. The molecular weight excluding hydrogens is 288 g/mol. The Morgan fingerprint density at radius 3 is 2.76 bits per heavy atom. The van der Waals surface area contributed by atoms with E-state index < -0.39 is 0 Å². The van der Waals surface area contributed by atoms with Crippen LogP contribution in [0.15, 0.2) is 40.1 Å². The molecule has 0 bridgehead atoms. The van der Waals surface area contributed by atoms with Crippen molar-refractivity contribution in [3.63, 3.8) is 0 Å². The molecule has 1 aliphatic heterocycles. The van der Waals surface area contributed by atoms with Crippen LogP contribution in [0, 0.1) is 11.3 Å². The minimum absolute atomic E-state index is 0.295. The molecular formula is C15H13ClN4O. The predicted molar refractivity (Wildman–Crippen MR) is 79.6 cm³/mol. The molecule has 0 amide bonds. The summed E-state index contributed by atoms with van der Waals surface area (Å²) in [6.07, 6.45) is 0.670. The number of halogens is 1. The van der Waals surface area contributed by atoms with E-state index in [1.807, 2.05) is 19.1 Å². The standard InChI is InChI=1S/C15H13ClN4O/c1-2-11-19-13-12(8-3-5-9(16)6-4-8)10(7-17)14(18)20-15(13)21-11/h3-6,12,20H,2,18H2,1H3/t12-/m0/s1. The molecule has 0 saturated heterocycles. The number of anilines is 1. The van der Waals surface area contributed by atoms with Crippen molar-refractivity contribution in [2.75, 3.05) is 5.32 Å². The highest BCUT2D eigenvalue weighted by Crippen LogP contribution is 2.40. The number of rotatable bonds is 2. The molecule has 6 heteroatoms. The molecule has 0 saturated carbocycles. The van der Waals surface area contributed by atoms with Crippen LogP contribution in [-0.2, 0) is 6.42 Å². The van der Waals surface area contributed by atoms with Gasteiger partial charge in [-0.1, -0.05) is 30.7 Å². The zero-order chi connectivity index (χ0) is 15.0. The number of hydrogen-bond donors (Lipinski definition) is 2. The van der Waals surface area contributed by atoms with Gasteiger partial charge in [-0.2, -0.15) is 5.26 Å². The fraction of sp³-hybridized carbons (Fsp3) is 0.200. The van der Waals surface area contributed by atoms with E-state index in [1.165, 1.54) is 0 Å². The monoisotopic (exact) mass is 300 g/mol. The zero-order valence-electron chi connectivity index (χ0n) is 11.4. The first-order valence-electron chi connectivity index (χ1n) is 6.55. The molecule has 1 aliphatic rings. The summed E-state index contributed by atoms with van der Waals surface area (Å²) in [5.41, 5.74) is 7.96. The second kappa shape index (κ2) is 5.15. The molecule has 0 aliphatic carbocycles. The normalized spacial score (nSPS) is 17.1. The molecule has 1 aromatic carbocycles. The van der Waals surface area contributed by atoms with Crippen LogP contribution in [0.1, 0.15) is 30.0 Å². The maximum atomic E-state index is 9.43. The second-order valence-corrected chi connectivity index (χ2v) is 5.16. The number of aryl methyl sites for hydroxylation is 1. The summed E-state index contributed by atoms with van der Waals surface area (Å²) in [7, 11) is 0. The lowest BCUT2D eigenvalue weighted by Gasteiger charge is -2.22. The molecule has 1 atom stereocenters. The van der Waals surface area contributed by atoms with E-state index in [2.05, 4.69) is 16.4 Å². The summed E-state index contributed by atoms with van der Waals surface area (Å²) >= 11 is 5.93. The molecule has 2 aromatic rings. The Morgan fingerprint density at radius 2 is 2.14 bits per heavy atom. The Morgan fingerprint density at radius 1 is 1.43 bits per heavy atom. The lowest BCUT2D eigenvalue weighted by Crippen LogP contribution is -2.22. The smallest absolute Gasteiger partial charge is 0.223 e. The third-order valence-corrected chi connectivity index (χ3v) is 3.68. The summed E-state index contributed by atoms with van der Waals surface area (Å²) in [5.74, 6) is 1.07. The van der Waals surface area contributed by atoms with Crippen LogP contribution in [0.2, 0.25) is 5.02 Å². The van der Waals surface area contributed by atoms with E-state index in [-0.39, 0.29) is 5.92 Å². The highest BCUT2D eigenvalue weighted by atomic mass is 35.5. The van der Waals surface area contributed by atoms with Crippen LogP contribution in [-0.4, -0.2) is 4.98 Å². The molecule has 0 unspecified atom stereocenters. The topological polar surface area (TPSA) is 87.9 Å². The SMILES string of the molecule is CCc1nc2c(o1)NC(N)=C(C#N)[C@@H]2c1ccc(Cl)cc1. The number of benzene rings is 1. The molecule has 0 spiro atoms. The van der Waals surface area contributed by atoms with Crippen molar-refractivity contribution < 1.29 is 4.42 Å². The number of nitriles is 1. The maximum Gasteiger partial charge on any atom is 0.223 e. The van der Waals surface area contributed by atoms with E-state index in [9.17, 15) is 5.26 Å². The van der Waals surface area contributed by atoms with Gasteiger partial charge in [0.15, 0.2) is 5.89 Å². The summed E-state index contributed by atoms with van der Waals surface area (Å²) in [6.45, 7) is 1.95. The Balaban J connectivity index is 2.17. The van der Waals surface area contributed by atoms with Gasteiger partial charge in [-0.15, -0.1) is 0 Å². The van der Waals surface area contributed by atoms with Crippen molar-refractivity contribution >= 4 is 17.5 Å². The number of allylic oxidation sites excluding steroid dienone is 1. The van der Waals surface area contributed by atoms with Crippen molar-refractivity contribution in [1.29, 1.82) is 5.26 Å². The number of nitrogens with zero attached hydrogens (tertiary/aromatic N) is 2. The summed E-state index contributed by atoms with van der Waals surface area (Å²) in [5, 5.41) is 13.0. The number of nitrogens with two attached hydrogens (primary N) is 1. The molecule has 1 aromatic heterocycles. The van der Waals surface area contributed by atoms with Crippen molar-refractivity contribution in [2.45, 2.75) is 19.3 Å². The van der Waals surface area contributed by atoms with Crippen molar-refractivity contribution in [3.8, 4) is 6.07 Å². The van der Waals surface area contributed by atoms with Gasteiger partial charge in [0.1, 0.15) is 11.5 Å². The summed E-state index contributed by atoms with van der Waals surface area (Å²) in [6, 6.07) is 9.46.